The molecule has 3 heteroatoms. The zero-order chi connectivity index (χ0) is 11.7. The molecule has 0 saturated carbocycles. The van der Waals surface area contributed by atoms with Crippen molar-refractivity contribution in [1.82, 2.24) is 4.90 Å². The predicted molar refractivity (Wildman–Crippen MR) is 64.8 cm³/mol. The van der Waals surface area contributed by atoms with Gasteiger partial charge in [0.1, 0.15) is 0 Å². The topological polar surface area (TPSA) is 29.5 Å². The Balaban J connectivity index is 1.64. The Bertz CT molecular complexity index is 401. The highest BCUT2D eigenvalue weighted by atomic mass is 16.5. The van der Waals surface area contributed by atoms with Crippen LogP contribution in [-0.4, -0.2) is 37.1 Å². The monoisotopic (exact) mass is 231 g/mol. The van der Waals surface area contributed by atoms with Gasteiger partial charge >= 0.3 is 0 Å². The minimum Gasteiger partial charge on any atom is -0.381 e. The van der Waals surface area contributed by atoms with E-state index in [0.29, 0.717) is 5.41 Å². The second-order valence-electron chi connectivity index (χ2n) is 5.14. The fourth-order valence-corrected chi connectivity index (χ4v) is 2.79. The normalized spacial score (nSPS) is 22.2. The second-order valence-corrected chi connectivity index (χ2v) is 5.14. The summed E-state index contributed by atoms with van der Waals surface area (Å²) in [5, 5.41) is 0. The summed E-state index contributed by atoms with van der Waals surface area (Å²) in [5.74, 6) is 0.169. The van der Waals surface area contributed by atoms with Crippen LogP contribution in [0.3, 0.4) is 0 Å². The molecule has 2 saturated heterocycles. The number of carbonyl (C=O) groups excluding carboxylic acids is 1. The van der Waals surface area contributed by atoms with E-state index < -0.39 is 0 Å². The van der Waals surface area contributed by atoms with Crippen molar-refractivity contribution in [3.63, 3.8) is 0 Å². The number of likely N-dealkylation sites (tertiary alicyclic amines) is 1. The SMILES string of the molecule is O=C(c1ccccc1)N1CC2(CCOCC2)C1. The molecule has 1 aromatic rings. The molecule has 3 nitrogen and oxygen atoms in total. The van der Waals surface area contributed by atoms with Gasteiger partial charge in [-0.1, -0.05) is 18.2 Å². The van der Waals surface area contributed by atoms with Crippen molar-refractivity contribution < 1.29 is 9.53 Å². The highest BCUT2D eigenvalue weighted by Gasteiger charge is 2.45. The second kappa shape index (κ2) is 4.15. The summed E-state index contributed by atoms with van der Waals surface area (Å²) in [6.07, 6.45) is 2.21. The van der Waals surface area contributed by atoms with Crippen LogP contribution >= 0.6 is 0 Å². The van der Waals surface area contributed by atoms with E-state index >= 15 is 0 Å². The highest BCUT2D eigenvalue weighted by Crippen LogP contribution is 2.40. The molecule has 2 heterocycles. The quantitative estimate of drug-likeness (QED) is 0.739. The van der Waals surface area contributed by atoms with Gasteiger partial charge in [0.2, 0.25) is 0 Å². The van der Waals surface area contributed by atoms with Crippen molar-refractivity contribution in [2.75, 3.05) is 26.3 Å². The van der Waals surface area contributed by atoms with Crippen LogP contribution in [0.2, 0.25) is 0 Å². The van der Waals surface area contributed by atoms with Gasteiger partial charge in [-0.3, -0.25) is 4.79 Å². The van der Waals surface area contributed by atoms with Gasteiger partial charge in [0, 0.05) is 37.3 Å². The Morgan fingerprint density at radius 2 is 1.76 bits per heavy atom. The first kappa shape index (κ1) is 10.8. The van der Waals surface area contributed by atoms with Crippen molar-refractivity contribution in [1.29, 1.82) is 0 Å². The minimum absolute atomic E-state index is 0.169. The van der Waals surface area contributed by atoms with E-state index in [2.05, 4.69) is 0 Å². The molecular formula is C14H17NO2. The molecule has 2 aliphatic heterocycles. The summed E-state index contributed by atoms with van der Waals surface area (Å²) < 4.78 is 5.38. The first-order valence-corrected chi connectivity index (χ1v) is 6.21. The summed E-state index contributed by atoms with van der Waals surface area (Å²) >= 11 is 0. The van der Waals surface area contributed by atoms with Crippen molar-refractivity contribution in [3.05, 3.63) is 35.9 Å². The van der Waals surface area contributed by atoms with Crippen LogP contribution in [0, 0.1) is 5.41 Å². The number of amides is 1. The van der Waals surface area contributed by atoms with Gasteiger partial charge in [-0.15, -0.1) is 0 Å². The number of rotatable bonds is 1. The molecule has 1 aromatic carbocycles. The van der Waals surface area contributed by atoms with E-state index in [9.17, 15) is 4.79 Å². The molecule has 2 fully saturated rings. The Hall–Kier alpha value is -1.35. The summed E-state index contributed by atoms with van der Waals surface area (Å²) in [7, 11) is 0. The van der Waals surface area contributed by atoms with E-state index in [1.807, 2.05) is 35.2 Å². The van der Waals surface area contributed by atoms with E-state index in [4.69, 9.17) is 4.74 Å². The van der Waals surface area contributed by atoms with Gasteiger partial charge in [0.05, 0.1) is 0 Å². The summed E-state index contributed by atoms with van der Waals surface area (Å²) in [6, 6.07) is 9.54. The number of carbonyl (C=O) groups is 1. The number of hydrogen-bond acceptors (Lipinski definition) is 2. The lowest BCUT2D eigenvalue weighted by atomic mass is 9.73. The van der Waals surface area contributed by atoms with Gasteiger partial charge < -0.3 is 9.64 Å². The van der Waals surface area contributed by atoms with Gasteiger partial charge in [0.15, 0.2) is 0 Å². The third-order valence-corrected chi connectivity index (χ3v) is 3.91. The highest BCUT2D eigenvalue weighted by molar-refractivity contribution is 5.94. The zero-order valence-corrected chi connectivity index (χ0v) is 9.89. The Morgan fingerprint density at radius 3 is 2.41 bits per heavy atom. The molecule has 0 radical (unpaired) electrons. The molecule has 0 bridgehead atoms. The first-order valence-electron chi connectivity index (χ1n) is 6.21. The maximum atomic E-state index is 12.1. The molecule has 0 aliphatic carbocycles. The molecule has 0 atom stereocenters. The van der Waals surface area contributed by atoms with Gasteiger partial charge in [-0.25, -0.2) is 0 Å². The summed E-state index contributed by atoms with van der Waals surface area (Å²) in [6.45, 7) is 3.52. The van der Waals surface area contributed by atoms with Crippen LogP contribution in [0.1, 0.15) is 23.2 Å². The van der Waals surface area contributed by atoms with Crippen LogP contribution in [0.5, 0.6) is 0 Å². The van der Waals surface area contributed by atoms with Crippen molar-refractivity contribution >= 4 is 5.91 Å². The maximum Gasteiger partial charge on any atom is 0.253 e. The lowest BCUT2D eigenvalue weighted by Gasteiger charge is -2.52. The largest absolute Gasteiger partial charge is 0.381 e. The fourth-order valence-electron chi connectivity index (χ4n) is 2.79. The standard InChI is InChI=1S/C14H17NO2/c16-13(12-4-2-1-3-5-12)15-10-14(11-15)6-8-17-9-7-14/h1-5H,6-11H2. The molecule has 3 rings (SSSR count). The lowest BCUT2D eigenvalue weighted by Crippen LogP contribution is -2.60. The predicted octanol–water partition coefficient (Wildman–Crippen LogP) is 1.94. The third-order valence-electron chi connectivity index (χ3n) is 3.91. The molecule has 2 aliphatic rings. The van der Waals surface area contributed by atoms with Gasteiger partial charge in [0.25, 0.3) is 5.91 Å². The molecule has 1 amide bonds. The van der Waals surface area contributed by atoms with E-state index in [1.165, 1.54) is 0 Å². The Morgan fingerprint density at radius 1 is 1.12 bits per heavy atom. The molecule has 0 N–H and O–H groups in total. The van der Waals surface area contributed by atoms with Crippen LogP contribution < -0.4 is 0 Å². The Kier molecular flexibility index (Phi) is 2.63. The molecule has 90 valence electrons. The van der Waals surface area contributed by atoms with Crippen LogP contribution in [0.15, 0.2) is 30.3 Å². The van der Waals surface area contributed by atoms with Crippen molar-refractivity contribution in [2.45, 2.75) is 12.8 Å². The molecule has 1 spiro atoms. The number of benzene rings is 1. The first-order chi connectivity index (χ1) is 8.29. The van der Waals surface area contributed by atoms with E-state index in [1.54, 1.807) is 0 Å². The number of hydrogen-bond donors (Lipinski definition) is 0. The molecular weight excluding hydrogens is 214 g/mol. The lowest BCUT2D eigenvalue weighted by molar-refractivity contribution is -0.0666. The molecule has 0 unspecified atom stereocenters. The average molecular weight is 231 g/mol. The molecule has 17 heavy (non-hydrogen) atoms. The van der Waals surface area contributed by atoms with Crippen molar-refractivity contribution in [2.24, 2.45) is 5.41 Å². The fraction of sp³-hybridized carbons (Fsp3) is 0.500. The zero-order valence-electron chi connectivity index (χ0n) is 9.89. The van der Waals surface area contributed by atoms with Crippen LogP contribution in [0.4, 0.5) is 0 Å². The maximum absolute atomic E-state index is 12.1. The van der Waals surface area contributed by atoms with Crippen LogP contribution in [0.25, 0.3) is 0 Å². The summed E-state index contributed by atoms with van der Waals surface area (Å²) in [4.78, 5) is 14.1. The minimum atomic E-state index is 0.169. The van der Waals surface area contributed by atoms with E-state index in [-0.39, 0.29) is 5.91 Å². The van der Waals surface area contributed by atoms with Crippen LogP contribution in [-0.2, 0) is 4.74 Å². The Labute approximate surface area is 101 Å². The van der Waals surface area contributed by atoms with Gasteiger partial charge in [-0.05, 0) is 25.0 Å². The van der Waals surface area contributed by atoms with Gasteiger partial charge in [-0.2, -0.15) is 0 Å². The van der Waals surface area contributed by atoms with E-state index in [0.717, 1.165) is 44.7 Å². The summed E-state index contributed by atoms with van der Waals surface area (Å²) in [5.41, 5.74) is 1.16. The average Bonchev–Trinajstić information content (AvgIpc) is 2.37. The molecule has 0 aromatic heterocycles. The van der Waals surface area contributed by atoms with Crippen molar-refractivity contribution in [3.8, 4) is 0 Å². The number of ether oxygens (including phenoxy) is 1. The number of nitrogens with zero attached hydrogens (tertiary/aromatic N) is 1. The smallest absolute Gasteiger partial charge is 0.253 e. The third kappa shape index (κ3) is 1.95.